The Kier molecular flexibility index (Phi) is 2.15. The molecule has 0 aliphatic heterocycles. The highest BCUT2D eigenvalue weighted by Gasteiger charge is 2.40. The van der Waals surface area contributed by atoms with Crippen LogP contribution in [0.4, 0.5) is 0 Å². The van der Waals surface area contributed by atoms with Crippen LogP contribution in [-0.2, 0) is 5.41 Å². The van der Waals surface area contributed by atoms with E-state index >= 15 is 0 Å². The van der Waals surface area contributed by atoms with E-state index in [0.29, 0.717) is 6.42 Å². The number of hydrogen-bond donors (Lipinski definition) is 0. The molecule has 0 saturated heterocycles. The number of carbonyl (C=O) groups excluding carboxylic acids is 1. The van der Waals surface area contributed by atoms with Gasteiger partial charge in [0.1, 0.15) is 0 Å². The molecule has 0 unspecified atom stereocenters. The van der Waals surface area contributed by atoms with Crippen molar-refractivity contribution in [2.24, 2.45) is 0 Å². The Morgan fingerprint density at radius 2 is 1.59 bits per heavy atom. The molecule has 84 valence electrons. The minimum atomic E-state index is -0.158. The Morgan fingerprint density at radius 1 is 0.941 bits per heavy atom. The normalized spacial score (nSPS) is 22.5. The highest BCUT2D eigenvalue weighted by Crippen LogP contribution is 2.43. The third kappa shape index (κ3) is 1.42. The number of carbonyl (C=O) groups is 1. The minimum Gasteiger partial charge on any atom is -0.294 e. The molecule has 0 spiro atoms. The first-order valence-corrected chi connectivity index (χ1v) is 5.90. The maximum absolute atomic E-state index is 12.1. The van der Waals surface area contributed by atoms with Gasteiger partial charge in [0.05, 0.1) is 0 Å². The summed E-state index contributed by atoms with van der Waals surface area (Å²) in [4.78, 5) is 12.1. The van der Waals surface area contributed by atoms with Crippen LogP contribution in [0.1, 0.15) is 34.8 Å². The summed E-state index contributed by atoms with van der Waals surface area (Å²) in [5.41, 5.74) is 3.11. The van der Waals surface area contributed by atoms with E-state index in [9.17, 15) is 4.79 Å². The van der Waals surface area contributed by atoms with Crippen molar-refractivity contribution in [3.63, 3.8) is 0 Å². The standard InChI is InChI=1S/C16H14O/c1-16(12-7-3-2-4-8-12)11-15(17)13-9-5-6-10-14(13)16/h2-10H,11H2,1H3/t16-/m1/s1. The van der Waals surface area contributed by atoms with Gasteiger partial charge in [-0.3, -0.25) is 4.79 Å². The number of Topliss-reactive ketones (excluding diaryl/α,β-unsaturated/α-hetero) is 1. The van der Waals surface area contributed by atoms with E-state index in [1.165, 1.54) is 5.56 Å². The molecule has 1 aliphatic rings. The van der Waals surface area contributed by atoms with Crippen LogP contribution in [0.2, 0.25) is 0 Å². The lowest BCUT2D eigenvalue weighted by Gasteiger charge is -2.25. The molecule has 3 rings (SSSR count). The lowest BCUT2D eigenvalue weighted by Crippen LogP contribution is -2.20. The lowest BCUT2D eigenvalue weighted by atomic mass is 9.77. The average molecular weight is 222 g/mol. The molecule has 0 radical (unpaired) electrons. The Hall–Kier alpha value is -1.89. The Balaban J connectivity index is 2.21. The summed E-state index contributed by atoms with van der Waals surface area (Å²) in [7, 11) is 0. The molecule has 2 aromatic rings. The first kappa shape index (κ1) is 10.3. The van der Waals surface area contributed by atoms with Crippen molar-refractivity contribution in [1.29, 1.82) is 0 Å². The van der Waals surface area contributed by atoms with E-state index in [1.807, 2.05) is 36.4 Å². The molecule has 0 fully saturated rings. The smallest absolute Gasteiger partial charge is 0.164 e. The molecule has 0 heterocycles. The van der Waals surface area contributed by atoms with Crippen LogP contribution < -0.4 is 0 Å². The van der Waals surface area contributed by atoms with E-state index in [-0.39, 0.29) is 11.2 Å². The van der Waals surface area contributed by atoms with Gasteiger partial charge >= 0.3 is 0 Å². The largest absolute Gasteiger partial charge is 0.294 e. The topological polar surface area (TPSA) is 17.1 Å². The second-order valence-corrected chi connectivity index (χ2v) is 4.84. The van der Waals surface area contributed by atoms with E-state index < -0.39 is 0 Å². The van der Waals surface area contributed by atoms with Gasteiger partial charge in [-0.2, -0.15) is 0 Å². The highest BCUT2D eigenvalue weighted by molar-refractivity contribution is 6.02. The van der Waals surface area contributed by atoms with Gasteiger partial charge in [-0.05, 0) is 11.1 Å². The number of fused-ring (bicyclic) bond motifs is 1. The predicted octanol–water partition coefficient (Wildman–Crippen LogP) is 3.58. The van der Waals surface area contributed by atoms with Crippen LogP contribution in [0.3, 0.4) is 0 Å². The van der Waals surface area contributed by atoms with Crippen LogP contribution in [-0.4, -0.2) is 5.78 Å². The second kappa shape index (κ2) is 3.56. The monoisotopic (exact) mass is 222 g/mol. The van der Waals surface area contributed by atoms with Crippen molar-refractivity contribution >= 4 is 5.78 Å². The fraction of sp³-hybridized carbons (Fsp3) is 0.188. The van der Waals surface area contributed by atoms with Gasteiger partial charge in [0, 0.05) is 17.4 Å². The first-order chi connectivity index (χ1) is 8.22. The first-order valence-electron chi connectivity index (χ1n) is 5.90. The van der Waals surface area contributed by atoms with Crippen molar-refractivity contribution < 1.29 is 4.79 Å². The van der Waals surface area contributed by atoms with Crippen molar-refractivity contribution in [2.45, 2.75) is 18.8 Å². The molecule has 0 amide bonds. The van der Waals surface area contributed by atoms with Crippen LogP contribution in [0, 0.1) is 0 Å². The molecule has 0 bridgehead atoms. The van der Waals surface area contributed by atoms with Gasteiger partial charge in [-0.25, -0.2) is 0 Å². The number of ketones is 1. The van der Waals surface area contributed by atoms with Crippen LogP contribution in [0.15, 0.2) is 54.6 Å². The molecule has 1 aliphatic carbocycles. The van der Waals surface area contributed by atoms with Gasteiger partial charge in [-0.1, -0.05) is 61.5 Å². The molecule has 17 heavy (non-hydrogen) atoms. The Morgan fingerprint density at radius 3 is 2.35 bits per heavy atom. The van der Waals surface area contributed by atoms with Gasteiger partial charge in [-0.15, -0.1) is 0 Å². The summed E-state index contributed by atoms with van der Waals surface area (Å²) in [6.07, 6.45) is 0.580. The maximum Gasteiger partial charge on any atom is 0.164 e. The van der Waals surface area contributed by atoms with E-state index in [2.05, 4.69) is 25.1 Å². The quantitative estimate of drug-likeness (QED) is 0.720. The number of rotatable bonds is 1. The van der Waals surface area contributed by atoms with Gasteiger partial charge < -0.3 is 0 Å². The summed E-state index contributed by atoms with van der Waals surface area (Å²) < 4.78 is 0. The fourth-order valence-electron chi connectivity index (χ4n) is 2.78. The molecule has 1 atom stereocenters. The molecule has 0 saturated carbocycles. The highest BCUT2D eigenvalue weighted by atomic mass is 16.1. The fourth-order valence-corrected chi connectivity index (χ4v) is 2.78. The van der Waals surface area contributed by atoms with Gasteiger partial charge in [0.25, 0.3) is 0 Å². The third-order valence-corrected chi connectivity index (χ3v) is 3.75. The van der Waals surface area contributed by atoms with Crippen molar-refractivity contribution in [3.05, 3.63) is 71.3 Å². The van der Waals surface area contributed by atoms with Crippen molar-refractivity contribution in [1.82, 2.24) is 0 Å². The van der Waals surface area contributed by atoms with Crippen LogP contribution in [0.25, 0.3) is 0 Å². The predicted molar refractivity (Wildman–Crippen MR) is 68.3 cm³/mol. The SMILES string of the molecule is C[C@]1(c2ccccc2)CC(=O)c2ccccc21. The van der Waals surface area contributed by atoms with Crippen molar-refractivity contribution in [2.75, 3.05) is 0 Å². The third-order valence-electron chi connectivity index (χ3n) is 3.75. The summed E-state index contributed by atoms with van der Waals surface area (Å²) in [5.74, 6) is 0.256. The van der Waals surface area contributed by atoms with Gasteiger partial charge in [0.2, 0.25) is 0 Å². The van der Waals surface area contributed by atoms with Gasteiger partial charge in [0.15, 0.2) is 5.78 Å². The maximum atomic E-state index is 12.1. The molecule has 1 heteroatoms. The molecule has 1 nitrogen and oxygen atoms in total. The Labute approximate surface area is 101 Å². The summed E-state index contributed by atoms with van der Waals surface area (Å²) in [5, 5.41) is 0. The van der Waals surface area contributed by atoms with E-state index in [1.54, 1.807) is 0 Å². The average Bonchev–Trinajstić information content (AvgIpc) is 2.65. The molecule has 0 aromatic heterocycles. The molecular formula is C16H14O. The van der Waals surface area contributed by atoms with Crippen molar-refractivity contribution in [3.8, 4) is 0 Å². The summed E-state index contributed by atoms with van der Waals surface area (Å²) in [6, 6.07) is 18.3. The molecule has 0 N–H and O–H groups in total. The second-order valence-electron chi connectivity index (χ2n) is 4.84. The zero-order valence-corrected chi connectivity index (χ0v) is 9.81. The van der Waals surface area contributed by atoms with E-state index in [4.69, 9.17) is 0 Å². The summed E-state index contributed by atoms with van der Waals surface area (Å²) in [6.45, 7) is 2.16. The molecule has 2 aromatic carbocycles. The lowest BCUT2D eigenvalue weighted by molar-refractivity contribution is 0.0982. The Bertz CT molecular complexity index is 571. The minimum absolute atomic E-state index is 0.158. The van der Waals surface area contributed by atoms with E-state index in [0.717, 1.165) is 11.1 Å². The summed E-state index contributed by atoms with van der Waals surface area (Å²) >= 11 is 0. The number of benzene rings is 2. The van der Waals surface area contributed by atoms with Crippen LogP contribution >= 0.6 is 0 Å². The van der Waals surface area contributed by atoms with Crippen LogP contribution in [0.5, 0.6) is 0 Å². The zero-order valence-electron chi connectivity index (χ0n) is 9.81. The number of hydrogen-bond acceptors (Lipinski definition) is 1. The zero-order chi connectivity index (χ0) is 11.9. The molecular weight excluding hydrogens is 208 g/mol.